The second-order valence-electron chi connectivity index (χ2n) is 8.14. The van der Waals surface area contributed by atoms with Crippen LogP contribution in [0.5, 0.6) is 11.8 Å². The molecule has 1 fully saturated rings. The average molecular weight is 522 g/mol. The lowest BCUT2D eigenvalue weighted by Gasteiger charge is -2.31. The first-order chi connectivity index (χ1) is 16.4. The molecule has 0 aliphatic carbocycles. The second kappa shape index (κ2) is 11.3. The maximum Gasteiger partial charge on any atom is 0.305 e. The zero-order chi connectivity index (χ0) is 24.1. The number of pyridine rings is 1. The van der Waals surface area contributed by atoms with Gasteiger partial charge in [0.2, 0.25) is 11.8 Å². The molecule has 0 amide bonds. The van der Waals surface area contributed by atoms with E-state index in [9.17, 15) is 4.79 Å². The Balaban J connectivity index is 1.56. The highest BCUT2D eigenvalue weighted by molar-refractivity contribution is 6.35. The number of carbonyl (C=O) groups excluding carboxylic acids is 1. The number of aromatic nitrogens is 3. The summed E-state index contributed by atoms with van der Waals surface area (Å²) in [5, 5.41) is 1.32. The van der Waals surface area contributed by atoms with E-state index >= 15 is 0 Å². The van der Waals surface area contributed by atoms with Gasteiger partial charge in [0.15, 0.2) is 0 Å². The highest BCUT2D eigenvalue weighted by atomic mass is 35.5. The zero-order valence-electron chi connectivity index (χ0n) is 18.5. The van der Waals surface area contributed by atoms with E-state index in [2.05, 4.69) is 19.9 Å². The van der Waals surface area contributed by atoms with E-state index in [4.69, 9.17) is 44.3 Å². The van der Waals surface area contributed by atoms with E-state index in [1.54, 1.807) is 6.07 Å². The van der Waals surface area contributed by atoms with Crippen molar-refractivity contribution in [3.63, 3.8) is 0 Å². The van der Waals surface area contributed by atoms with Crippen molar-refractivity contribution in [1.29, 1.82) is 0 Å². The summed E-state index contributed by atoms with van der Waals surface area (Å²) >= 11 is 18.3. The van der Waals surface area contributed by atoms with Crippen LogP contribution in [-0.2, 0) is 16.1 Å². The molecule has 0 unspecified atom stereocenters. The van der Waals surface area contributed by atoms with Gasteiger partial charge in [-0.3, -0.25) is 9.69 Å². The fourth-order valence-electron chi connectivity index (χ4n) is 3.94. The molecule has 3 heterocycles. The summed E-state index contributed by atoms with van der Waals surface area (Å²) in [7, 11) is 1.43. The molecule has 1 aliphatic heterocycles. The Bertz CT molecular complexity index is 1130. The molecule has 2 aromatic heterocycles. The van der Waals surface area contributed by atoms with Crippen molar-refractivity contribution in [1.82, 2.24) is 19.9 Å². The van der Waals surface area contributed by atoms with Crippen LogP contribution in [-0.4, -0.2) is 46.0 Å². The summed E-state index contributed by atoms with van der Waals surface area (Å²) in [4.78, 5) is 26.7. The van der Waals surface area contributed by atoms with Crippen molar-refractivity contribution in [2.75, 3.05) is 20.2 Å². The summed E-state index contributed by atoms with van der Waals surface area (Å²) in [6.45, 7) is 2.49. The van der Waals surface area contributed by atoms with Gasteiger partial charge in [0.05, 0.1) is 25.2 Å². The Hall–Kier alpha value is -2.45. The van der Waals surface area contributed by atoms with Crippen molar-refractivity contribution in [3.8, 4) is 23.0 Å². The molecule has 4 rings (SSSR count). The fraction of sp³-hybridized carbons (Fsp3) is 0.333. The molecule has 1 saturated heterocycles. The highest BCUT2D eigenvalue weighted by Crippen LogP contribution is 2.30. The molecule has 178 valence electrons. The van der Waals surface area contributed by atoms with Crippen molar-refractivity contribution in [2.45, 2.75) is 25.8 Å². The number of rotatable bonds is 7. The molecular formula is C24H23Cl3N4O3. The first kappa shape index (κ1) is 24.7. The SMILES string of the molecule is COC(=O)CC1CCN(Cc2cc(Oc3cnc(Cl)cn3)nc(-c3cc(Cl)cc(Cl)c3)c2)CC1. The minimum absolute atomic E-state index is 0.149. The van der Waals surface area contributed by atoms with Crippen LogP contribution in [0.15, 0.2) is 42.7 Å². The standard InChI is InChI=1S/C24H23Cl3N4O3/c1-33-24(32)8-15-2-4-31(5-3-15)14-16-6-20(17-9-18(25)11-19(26)10-17)30-22(7-16)34-23-13-28-21(27)12-29-23/h6-7,9-13,15H,2-5,8,14H2,1H3. The third kappa shape index (κ3) is 6.79. The monoisotopic (exact) mass is 520 g/mol. The highest BCUT2D eigenvalue weighted by Gasteiger charge is 2.22. The van der Waals surface area contributed by atoms with E-state index in [1.807, 2.05) is 24.3 Å². The number of benzene rings is 1. The molecule has 0 saturated carbocycles. The molecule has 1 aromatic carbocycles. The first-order valence-electron chi connectivity index (χ1n) is 10.8. The van der Waals surface area contributed by atoms with Crippen molar-refractivity contribution < 1.29 is 14.3 Å². The Labute approximate surface area is 213 Å². The van der Waals surface area contributed by atoms with Gasteiger partial charge in [-0.05, 0) is 61.7 Å². The van der Waals surface area contributed by atoms with Crippen LogP contribution in [0.4, 0.5) is 0 Å². The van der Waals surface area contributed by atoms with Crippen molar-refractivity contribution in [2.24, 2.45) is 5.92 Å². The van der Waals surface area contributed by atoms with Crippen LogP contribution in [0.3, 0.4) is 0 Å². The maximum atomic E-state index is 11.6. The number of nitrogens with zero attached hydrogens (tertiary/aromatic N) is 4. The van der Waals surface area contributed by atoms with Gasteiger partial charge in [-0.15, -0.1) is 0 Å². The average Bonchev–Trinajstić information content (AvgIpc) is 2.81. The summed E-state index contributed by atoms with van der Waals surface area (Å²) in [5.74, 6) is 0.866. The molecule has 0 spiro atoms. The number of ether oxygens (including phenoxy) is 2. The Morgan fingerprint density at radius 2 is 1.74 bits per heavy atom. The molecule has 0 bridgehead atoms. The lowest BCUT2D eigenvalue weighted by Crippen LogP contribution is -2.34. The Morgan fingerprint density at radius 3 is 2.38 bits per heavy atom. The summed E-state index contributed by atoms with van der Waals surface area (Å²) in [6, 6.07) is 9.18. The number of likely N-dealkylation sites (tertiary alicyclic amines) is 1. The van der Waals surface area contributed by atoms with E-state index in [0.717, 1.165) is 37.1 Å². The number of methoxy groups -OCH3 is 1. The lowest BCUT2D eigenvalue weighted by molar-refractivity contribution is -0.142. The van der Waals surface area contributed by atoms with Crippen LogP contribution in [0.25, 0.3) is 11.3 Å². The lowest BCUT2D eigenvalue weighted by atomic mass is 9.93. The molecule has 1 aliphatic rings. The van der Waals surface area contributed by atoms with Crippen LogP contribution in [0.2, 0.25) is 15.2 Å². The third-order valence-corrected chi connectivity index (χ3v) is 6.25. The largest absolute Gasteiger partial charge is 0.469 e. The van der Waals surface area contributed by atoms with Crippen molar-refractivity contribution >= 4 is 40.8 Å². The minimum Gasteiger partial charge on any atom is -0.469 e. The Morgan fingerprint density at radius 1 is 1.00 bits per heavy atom. The topological polar surface area (TPSA) is 77.4 Å². The molecular weight excluding hydrogens is 499 g/mol. The molecule has 0 atom stereocenters. The molecule has 10 heteroatoms. The predicted molar refractivity (Wildman–Crippen MR) is 131 cm³/mol. The number of piperidine rings is 1. The Kier molecular flexibility index (Phi) is 8.21. The van der Waals surface area contributed by atoms with Gasteiger partial charge in [0.25, 0.3) is 0 Å². The van der Waals surface area contributed by atoms with Gasteiger partial charge in [-0.1, -0.05) is 34.8 Å². The van der Waals surface area contributed by atoms with Gasteiger partial charge < -0.3 is 9.47 Å². The fourth-order valence-corrected chi connectivity index (χ4v) is 4.56. The van der Waals surface area contributed by atoms with Gasteiger partial charge in [0.1, 0.15) is 5.15 Å². The van der Waals surface area contributed by atoms with Crippen LogP contribution in [0.1, 0.15) is 24.8 Å². The van der Waals surface area contributed by atoms with E-state index in [-0.39, 0.29) is 17.0 Å². The molecule has 34 heavy (non-hydrogen) atoms. The summed E-state index contributed by atoms with van der Waals surface area (Å²) in [6.07, 6.45) is 5.22. The van der Waals surface area contributed by atoms with Crippen LogP contribution >= 0.6 is 34.8 Å². The number of carbonyl (C=O) groups is 1. The number of halogens is 3. The van der Waals surface area contributed by atoms with E-state index < -0.39 is 0 Å². The molecule has 3 aromatic rings. The second-order valence-corrected chi connectivity index (χ2v) is 9.40. The van der Waals surface area contributed by atoms with Gasteiger partial charge >= 0.3 is 5.97 Å². The summed E-state index contributed by atoms with van der Waals surface area (Å²) in [5.41, 5.74) is 2.48. The van der Waals surface area contributed by atoms with Crippen LogP contribution in [0, 0.1) is 5.92 Å². The molecule has 0 radical (unpaired) electrons. The maximum absolute atomic E-state index is 11.6. The smallest absolute Gasteiger partial charge is 0.305 e. The van der Waals surface area contributed by atoms with Crippen LogP contribution < -0.4 is 4.74 Å². The predicted octanol–water partition coefficient (Wildman–Crippen LogP) is 6.07. The quantitative estimate of drug-likeness (QED) is 0.349. The van der Waals surface area contributed by atoms with E-state index in [0.29, 0.717) is 40.5 Å². The number of esters is 1. The third-order valence-electron chi connectivity index (χ3n) is 5.62. The minimum atomic E-state index is -0.149. The van der Waals surface area contributed by atoms with Gasteiger partial charge in [-0.2, -0.15) is 0 Å². The first-order valence-corrected chi connectivity index (χ1v) is 11.9. The van der Waals surface area contributed by atoms with Gasteiger partial charge in [0, 0.05) is 34.6 Å². The number of hydrogen-bond donors (Lipinski definition) is 0. The normalized spacial score (nSPS) is 14.7. The number of hydrogen-bond acceptors (Lipinski definition) is 7. The van der Waals surface area contributed by atoms with E-state index in [1.165, 1.54) is 19.5 Å². The van der Waals surface area contributed by atoms with Gasteiger partial charge in [-0.25, -0.2) is 15.0 Å². The molecule has 0 N–H and O–H groups in total. The zero-order valence-corrected chi connectivity index (χ0v) is 20.8. The summed E-state index contributed by atoms with van der Waals surface area (Å²) < 4.78 is 10.7. The van der Waals surface area contributed by atoms with Crippen molar-refractivity contribution in [3.05, 3.63) is 63.5 Å². The molecule has 7 nitrogen and oxygen atoms in total.